The third kappa shape index (κ3) is 1.26. The van der Waals surface area contributed by atoms with Gasteiger partial charge in [0.15, 0.2) is 0 Å². The third-order valence-electron chi connectivity index (χ3n) is 3.16. The summed E-state index contributed by atoms with van der Waals surface area (Å²) in [5.74, 6) is 2.68. The summed E-state index contributed by atoms with van der Waals surface area (Å²) in [7, 11) is 0. The van der Waals surface area contributed by atoms with E-state index in [1.165, 1.54) is 0 Å². The Morgan fingerprint density at radius 3 is 3.07 bits per heavy atom. The van der Waals surface area contributed by atoms with Gasteiger partial charge in [-0.05, 0) is 25.7 Å². The van der Waals surface area contributed by atoms with E-state index < -0.39 is 0 Å². The summed E-state index contributed by atoms with van der Waals surface area (Å²) in [4.78, 5) is 13.3. The van der Waals surface area contributed by atoms with Gasteiger partial charge in [0.2, 0.25) is 0 Å². The molecule has 2 aliphatic heterocycles. The fourth-order valence-electron chi connectivity index (χ4n) is 2.45. The van der Waals surface area contributed by atoms with Gasteiger partial charge >= 0.3 is 6.09 Å². The maximum Gasteiger partial charge on any atom is 0.411 e. The average Bonchev–Trinajstić information content (AvgIpc) is 2.55. The van der Waals surface area contributed by atoms with Crippen LogP contribution >= 0.6 is 0 Å². The molecule has 0 aromatic heterocycles. The number of hydrogen-bond donors (Lipinski definition) is 0. The molecule has 2 heterocycles. The first-order chi connectivity index (χ1) is 6.77. The second kappa shape index (κ2) is 3.53. The van der Waals surface area contributed by atoms with Crippen LogP contribution in [0.4, 0.5) is 4.79 Å². The summed E-state index contributed by atoms with van der Waals surface area (Å²) < 4.78 is 5.28. The van der Waals surface area contributed by atoms with Crippen molar-refractivity contribution in [1.29, 1.82) is 0 Å². The Kier molecular flexibility index (Phi) is 2.37. The minimum absolute atomic E-state index is 0.0437. The summed E-state index contributed by atoms with van der Waals surface area (Å²) in [5, 5.41) is 0. The number of carbonyl (C=O) groups excluding carboxylic acids is 1. The van der Waals surface area contributed by atoms with Crippen molar-refractivity contribution in [3.63, 3.8) is 0 Å². The topological polar surface area (TPSA) is 29.5 Å². The van der Waals surface area contributed by atoms with Gasteiger partial charge in [-0.15, -0.1) is 6.42 Å². The molecule has 3 heteroatoms. The van der Waals surface area contributed by atoms with Crippen LogP contribution in [0.3, 0.4) is 0 Å². The van der Waals surface area contributed by atoms with Gasteiger partial charge in [-0.1, -0.05) is 12.8 Å². The van der Waals surface area contributed by atoms with Gasteiger partial charge < -0.3 is 4.74 Å². The molecule has 3 atom stereocenters. The Bertz CT molecular complexity index is 282. The van der Waals surface area contributed by atoms with Crippen molar-refractivity contribution < 1.29 is 9.53 Å². The molecule has 0 saturated carbocycles. The van der Waals surface area contributed by atoms with Crippen LogP contribution in [0, 0.1) is 12.3 Å². The van der Waals surface area contributed by atoms with E-state index in [4.69, 9.17) is 11.2 Å². The van der Waals surface area contributed by atoms with E-state index in [1.54, 1.807) is 4.90 Å². The monoisotopic (exact) mass is 193 g/mol. The Balaban J connectivity index is 2.20. The van der Waals surface area contributed by atoms with E-state index in [0.717, 1.165) is 25.7 Å². The smallest absolute Gasteiger partial charge is 0.411 e. The molecular formula is C11H15NO2. The highest BCUT2D eigenvalue weighted by atomic mass is 16.6. The highest BCUT2D eigenvalue weighted by molar-refractivity contribution is 5.72. The standard InChI is InChI=1S/C11H15NO2/c1-3-8-6-5-7-9-10(4-2)14-11(13)12(8)9/h1,8-10H,4-7H2,2H3/t8-,9-,10-/m1/s1. The van der Waals surface area contributed by atoms with Crippen LogP contribution in [0.5, 0.6) is 0 Å². The first-order valence-corrected chi connectivity index (χ1v) is 5.23. The lowest BCUT2D eigenvalue weighted by molar-refractivity contribution is 0.127. The number of cyclic esters (lactones) is 1. The fraction of sp³-hybridized carbons (Fsp3) is 0.727. The minimum Gasteiger partial charge on any atom is -0.444 e. The highest BCUT2D eigenvalue weighted by Crippen LogP contribution is 2.33. The molecule has 2 fully saturated rings. The molecular weight excluding hydrogens is 178 g/mol. The molecule has 2 aliphatic rings. The van der Waals surface area contributed by atoms with E-state index >= 15 is 0 Å². The fourth-order valence-corrected chi connectivity index (χ4v) is 2.45. The lowest BCUT2D eigenvalue weighted by atomic mass is 9.93. The number of hydrogen-bond acceptors (Lipinski definition) is 2. The van der Waals surface area contributed by atoms with Gasteiger partial charge in [-0.2, -0.15) is 0 Å². The Morgan fingerprint density at radius 2 is 2.43 bits per heavy atom. The van der Waals surface area contributed by atoms with E-state index in [-0.39, 0.29) is 24.3 Å². The van der Waals surface area contributed by atoms with Crippen LogP contribution in [0.15, 0.2) is 0 Å². The predicted molar refractivity (Wildman–Crippen MR) is 52.7 cm³/mol. The van der Waals surface area contributed by atoms with Crippen molar-refractivity contribution in [2.75, 3.05) is 0 Å². The van der Waals surface area contributed by atoms with Gasteiger partial charge in [0.25, 0.3) is 0 Å². The molecule has 14 heavy (non-hydrogen) atoms. The van der Waals surface area contributed by atoms with E-state index in [0.29, 0.717) is 0 Å². The molecule has 0 N–H and O–H groups in total. The molecule has 0 bridgehead atoms. The second-order valence-electron chi connectivity index (χ2n) is 3.92. The number of terminal acetylenes is 1. The number of piperidine rings is 1. The minimum atomic E-state index is -0.218. The van der Waals surface area contributed by atoms with Crippen molar-refractivity contribution in [2.24, 2.45) is 0 Å². The van der Waals surface area contributed by atoms with E-state index in [2.05, 4.69) is 5.92 Å². The maximum absolute atomic E-state index is 11.6. The van der Waals surface area contributed by atoms with Crippen LogP contribution in [-0.4, -0.2) is 29.2 Å². The number of carbonyl (C=O) groups is 1. The summed E-state index contributed by atoms with van der Waals surface area (Å²) in [6.45, 7) is 2.04. The Labute approximate surface area is 84.4 Å². The van der Waals surface area contributed by atoms with Crippen molar-refractivity contribution >= 4 is 6.09 Å². The van der Waals surface area contributed by atoms with Gasteiger partial charge in [-0.3, -0.25) is 4.90 Å². The molecule has 76 valence electrons. The third-order valence-corrected chi connectivity index (χ3v) is 3.16. The zero-order valence-corrected chi connectivity index (χ0v) is 8.40. The molecule has 0 aliphatic carbocycles. The zero-order valence-electron chi connectivity index (χ0n) is 8.40. The summed E-state index contributed by atoms with van der Waals surface area (Å²) in [6.07, 6.45) is 9.17. The number of amides is 1. The number of fused-ring (bicyclic) bond motifs is 1. The van der Waals surface area contributed by atoms with Crippen molar-refractivity contribution in [1.82, 2.24) is 4.90 Å². The highest BCUT2D eigenvalue weighted by Gasteiger charge is 2.45. The van der Waals surface area contributed by atoms with Gasteiger partial charge in [0, 0.05) is 0 Å². The lowest BCUT2D eigenvalue weighted by Gasteiger charge is -2.33. The quantitative estimate of drug-likeness (QED) is 0.594. The SMILES string of the molecule is C#C[C@@H]1CCC[C@@H]2[C@@H](CC)OC(=O)N12. The first kappa shape index (κ1) is 9.39. The van der Waals surface area contributed by atoms with Crippen LogP contribution in [0.25, 0.3) is 0 Å². The molecule has 2 saturated heterocycles. The summed E-state index contributed by atoms with van der Waals surface area (Å²) in [6, 6.07) is 0.181. The largest absolute Gasteiger partial charge is 0.444 e. The average molecular weight is 193 g/mol. The first-order valence-electron chi connectivity index (χ1n) is 5.23. The Hall–Kier alpha value is -1.17. The molecule has 2 rings (SSSR count). The molecule has 0 unspecified atom stereocenters. The molecule has 1 amide bonds. The van der Waals surface area contributed by atoms with Gasteiger partial charge in [0.1, 0.15) is 6.10 Å². The maximum atomic E-state index is 11.6. The zero-order chi connectivity index (χ0) is 10.1. The number of rotatable bonds is 1. The van der Waals surface area contributed by atoms with Crippen LogP contribution in [-0.2, 0) is 4.74 Å². The Morgan fingerprint density at radius 1 is 1.64 bits per heavy atom. The normalized spacial score (nSPS) is 36.1. The molecule has 0 aromatic carbocycles. The van der Waals surface area contributed by atoms with Gasteiger partial charge in [-0.25, -0.2) is 4.79 Å². The van der Waals surface area contributed by atoms with Crippen LogP contribution < -0.4 is 0 Å². The summed E-state index contributed by atoms with van der Waals surface area (Å²) in [5.41, 5.74) is 0. The molecule has 0 radical (unpaired) electrons. The lowest BCUT2D eigenvalue weighted by Crippen LogP contribution is -2.46. The number of nitrogens with zero attached hydrogens (tertiary/aromatic N) is 1. The van der Waals surface area contributed by atoms with Crippen molar-refractivity contribution in [3.8, 4) is 12.3 Å². The summed E-state index contributed by atoms with van der Waals surface area (Å²) >= 11 is 0. The second-order valence-corrected chi connectivity index (χ2v) is 3.92. The van der Waals surface area contributed by atoms with Gasteiger partial charge in [0.05, 0.1) is 12.1 Å². The van der Waals surface area contributed by atoms with Crippen molar-refractivity contribution in [3.05, 3.63) is 0 Å². The molecule has 0 spiro atoms. The van der Waals surface area contributed by atoms with Crippen LogP contribution in [0.2, 0.25) is 0 Å². The van der Waals surface area contributed by atoms with Crippen molar-refractivity contribution in [2.45, 2.75) is 50.8 Å². The predicted octanol–water partition coefficient (Wildman–Crippen LogP) is 1.77. The van der Waals surface area contributed by atoms with E-state index in [9.17, 15) is 4.79 Å². The molecule has 3 nitrogen and oxygen atoms in total. The molecule has 0 aromatic rings. The van der Waals surface area contributed by atoms with Crippen LogP contribution in [0.1, 0.15) is 32.6 Å². The number of ether oxygens (including phenoxy) is 1. The van der Waals surface area contributed by atoms with E-state index in [1.807, 2.05) is 6.92 Å².